The van der Waals surface area contributed by atoms with Crippen LogP contribution in [-0.2, 0) is 19.1 Å². The minimum atomic E-state index is -0.102. The van der Waals surface area contributed by atoms with Crippen LogP contribution in [0.15, 0.2) is 0 Å². The van der Waals surface area contributed by atoms with Gasteiger partial charge >= 0.3 is 11.9 Å². The third-order valence-corrected chi connectivity index (χ3v) is 12.5. The van der Waals surface area contributed by atoms with E-state index in [1.165, 1.54) is 109 Å². The van der Waals surface area contributed by atoms with Gasteiger partial charge in [-0.05, 0) is 76.4 Å². The van der Waals surface area contributed by atoms with E-state index in [4.69, 9.17) is 9.47 Å². The third kappa shape index (κ3) is 21.1. The molecule has 2 rings (SSSR count). The average Bonchev–Trinajstić information content (AvgIpc) is 3.77. The van der Waals surface area contributed by atoms with Gasteiger partial charge in [0.15, 0.2) is 0 Å². The first-order valence-electron chi connectivity index (χ1n) is 23.3. The molecule has 0 bridgehead atoms. The normalized spacial score (nSPS) is 18.0. The lowest BCUT2D eigenvalue weighted by Gasteiger charge is -2.31. The molecule has 0 aromatic rings. The molecule has 2 aliphatic rings. The van der Waals surface area contributed by atoms with Crippen molar-refractivity contribution < 1.29 is 24.2 Å². The molecular formula is C46H88N2O5. The van der Waals surface area contributed by atoms with Crippen molar-refractivity contribution in [2.45, 2.75) is 214 Å². The fourth-order valence-electron chi connectivity index (χ4n) is 8.87. The highest BCUT2D eigenvalue weighted by molar-refractivity contribution is 5.73. The zero-order valence-corrected chi connectivity index (χ0v) is 35.7. The number of aliphatic hydroxyl groups is 1. The van der Waals surface area contributed by atoms with Crippen molar-refractivity contribution in [3.63, 3.8) is 0 Å². The second-order valence-corrected chi connectivity index (χ2v) is 17.3. The maximum Gasteiger partial charge on any atom is 0.308 e. The minimum absolute atomic E-state index is 0.0292. The van der Waals surface area contributed by atoms with Crippen molar-refractivity contribution >= 4 is 11.9 Å². The van der Waals surface area contributed by atoms with E-state index in [9.17, 15) is 14.7 Å². The van der Waals surface area contributed by atoms with Crippen molar-refractivity contribution in [1.29, 1.82) is 0 Å². The molecule has 0 saturated carbocycles. The van der Waals surface area contributed by atoms with E-state index in [0.717, 1.165) is 103 Å². The van der Waals surface area contributed by atoms with Crippen LogP contribution in [0.1, 0.15) is 207 Å². The Labute approximate surface area is 328 Å². The van der Waals surface area contributed by atoms with E-state index in [-0.39, 0.29) is 41.8 Å². The van der Waals surface area contributed by atoms with Crippen molar-refractivity contribution in [2.24, 2.45) is 17.3 Å². The highest BCUT2D eigenvalue weighted by atomic mass is 16.5. The van der Waals surface area contributed by atoms with Gasteiger partial charge in [0.25, 0.3) is 0 Å². The van der Waals surface area contributed by atoms with Crippen molar-refractivity contribution in [1.82, 2.24) is 9.80 Å². The molecule has 0 aliphatic carbocycles. The predicted molar refractivity (Wildman–Crippen MR) is 222 cm³/mol. The van der Waals surface area contributed by atoms with Gasteiger partial charge in [-0.15, -0.1) is 0 Å². The molecule has 0 aromatic carbocycles. The van der Waals surface area contributed by atoms with Gasteiger partial charge < -0.3 is 19.5 Å². The first kappa shape index (κ1) is 48.0. The average molecular weight is 749 g/mol. The Bertz CT molecular complexity index is 825. The lowest BCUT2D eigenvalue weighted by Crippen LogP contribution is -2.44. The van der Waals surface area contributed by atoms with Crippen molar-refractivity contribution in [2.75, 3.05) is 52.5 Å². The van der Waals surface area contributed by atoms with E-state index in [1.54, 1.807) is 0 Å². The van der Waals surface area contributed by atoms with E-state index < -0.39 is 0 Å². The molecule has 7 heteroatoms. The molecule has 1 N–H and O–H groups in total. The first-order valence-corrected chi connectivity index (χ1v) is 23.3. The smallest absolute Gasteiger partial charge is 0.308 e. The zero-order valence-electron chi connectivity index (χ0n) is 35.7. The fraction of sp³-hybridized carbons (Fsp3) is 0.957. The predicted octanol–water partition coefficient (Wildman–Crippen LogP) is 11.3. The Morgan fingerprint density at radius 1 is 0.547 bits per heavy atom. The summed E-state index contributed by atoms with van der Waals surface area (Å²) in [5.74, 6) is -0.125. The second-order valence-electron chi connectivity index (χ2n) is 17.3. The van der Waals surface area contributed by atoms with Crippen LogP contribution in [0.5, 0.6) is 0 Å². The van der Waals surface area contributed by atoms with E-state index in [1.807, 2.05) is 0 Å². The molecule has 0 aromatic heterocycles. The number of nitrogens with zero attached hydrogens (tertiary/aromatic N) is 2. The lowest BCUT2D eigenvalue weighted by molar-refractivity contribution is -0.155. The van der Waals surface area contributed by atoms with Crippen LogP contribution in [0.4, 0.5) is 0 Å². The van der Waals surface area contributed by atoms with E-state index in [0.29, 0.717) is 13.2 Å². The zero-order chi connectivity index (χ0) is 38.4. The quantitative estimate of drug-likeness (QED) is 0.0510. The Morgan fingerprint density at radius 3 is 1.38 bits per heavy atom. The molecule has 7 nitrogen and oxygen atoms in total. The topological polar surface area (TPSA) is 79.3 Å². The van der Waals surface area contributed by atoms with Gasteiger partial charge in [-0.2, -0.15) is 0 Å². The first-order chi connectivity index (χ1) is 25.9. The summed E-state index contributed by atoms with van der Waals surface area (Å²) < 4.78 is 12.5. The molecule has 2 fully saturated rings. The van der Waals surface area contributed by atoms with Gasteiger partial charge in [0.1, 0.15) is 13.2 Å². The summed E-state index contributed by atoms with van der Waals surface area (Å²) in [6, 6.07) is -0.102. The van der Waals surface area contributed by atoms with E-state index in [2.05, 4.69) is 37.5 Å². The Morgan fingerprint density at radius 2 is 0.962 bits per heavy atom. The van der Waals surface area contributed by atoms with Gasteiger partial charge in [-0.3, -0.25) is 14.5 Å². The molecular weight excluding hydrogens is 661 g/mol. The number of rotatable bonds is 35. The van der Waals surface area contributed by atoms with Crippen LogP contribution in [0, 0.1) is 17.3 Å². The molecule has 53 heavy (non-hydrogen) atoms. The van der Waals surface area contributed by atoms with Crippen LogP contribution < -0.4 is 0 Å². The summed E-state index contributed by atoms with van der Waals surface area (Å²) in [4.78, 5) is 32.6. The molecule has 2 heterocycles. The maximum absolute atomic E-state index is 13.8. The second kappa shape index (κ2) is 31.0. The molecule has 312 valence electrons. The number of esters is 2. The Balaban J connectivity index is 2.10. The summed E-state index contributed by atoms with van der Waals surface area (Å²) >= 11 is 0. The van der Waals surface area contributed by atoms with Crippen molar-refractivity contribution in [3.05, 3.63) is 0 Å². The monoisotopic (exact) mass is 749 g/mol. The number of carbonyl (C=O) groups is 2. The summed E-state index contributed by atoms with van der Waals surface area (Å²) in [6.07, 6.45) is 32.0. The van der Waals surface area contributed by atoms with Crippen LogP contribution in [0.3, 0.4) is 0 Å². The third-order valence-electron chi connectivity index (χ3n) is 12.5. The van der Waals surface area contributed by atoms with Gasteiger partial charge in [0.2, 0.25) is 0 Å². The number of ether oxygens (including phenoxy) is 2. The van der Waals surface area contributed by atoms with Crippen LogP contribution in [0.2, 0.25) is 0 Å². The largest absolute Gasteiger partial charge is 0.464 e. The van der Waals surface area contributed by atoms with Gasteiger partial charge in [-0.1, -0.05) is 156 Å². The lowest BCUT2D eigenvalue weighted by atomic mass is 9.86. The number of hydrogen-bond acceptors (Lipinski definition) is 7. The maximum atomic E-state index is 13.8. The molecule has 1 unspecified atom stereocenters. The van der Waals surface area contributed by atoms with Crippen molar-refractivity contribution in [3.8, 4) is 0 Å². The summed E-state index contributed by atoms with van der Waals surface area (Å²) in [5, 5.41) is 9.29. The van der Waals surface area contributed by atoms with Crippen LogP contribution in [-0.4, -0.2) is 85.4 Å². The molecule has 1 atom stereocenters. The van der Waals surface area contributed by atoms with Gasteiger partial charge in [0.05, 0.1) is 17.9 Å². The number of carbonyl (C=O) groups excluding carboxylic acids is 2. The van der Waals surface area contributed by atoms with E-state index >= 15 is 0 Å². The molecule has 2 saturated heterocycles. The Hall–Kier alpha value is -1.18. The van der Waals surface area contributed by atoms with Gasteiger partial charge in [-0.25, -0.2) is 0 Å². The number of hydrogen-bond donors (Lipinski definition) is 1. The summed E-state index contributed by atoms with van der Waals surface area (Å²) in [6.45, 7) is 15.1. The number of aliphatic hydroxyl groups excluding tert-OH is 1. The van der Waals surface area contributed by atoms with Crippen LogP contribution >= 0.6 is 0 Å². The fourth-order valence-corrected chi connectivity index (χ4v) is 8.87. The Kier molecular flexibility index (Phi) is 28.0. The molecule has 2 aliphatic heterocycles. The SMILES string of the molecule is CCCCCCCC(CCCCCCC)C(=O)OCC(COC(=O)C(CCCCCCC)CCCCCCC)N1CCC2(CCN(CCCCO)C2)C1. The summed E-state index contributed by atoms with van der Waals surface area (Å²) in [5.41, 5.74) is 0.254. The molecule has 0 radical (unpaired) electrons. The standard InChI is InChI=1S/C46H88N2O5/c1-5-9-13-17-21-27-41(28-22-18-14-10-6-2)44(50)52-37-43(48-35-32-46(40-48)31-34-47(39-46)33-25-26-36-49)38-53-45(51)42(29-23-19-15-11-7-3)30-24-20-16-12-8-4/h41-43,49H,5-40H2,1-4H3. The number of unbranched alkanes of at least 4 members (excludes halogenated alkanes) is 17. The molecule has 0 amide bonds. The highest BCUT2D eigenvalue weighted by Crippen LogP contribution is 2.40. The summed E-state index contributed by atoms with van der Waals surface area (Å²) in [7, 11) is 0. The minimum Gasteiger partial charge on any atom is -0.464 e. The van der Waals surface area contributed by atoms with Gasteiger partial charge in [0, 0.05) is 19.7 Å². The highest BCUT2D eigenvalue weighted by Gasteiger charge is 2.45. The van der Waals surface area contributed by atoms with Crippen LogP contribution in [0.25, 0.3) is 0 Å². The number of likely N-dealkylation sites (tertiary alicyclic amines) is 2. The molecule has 1 spiro atoms.